The van der Waals surface area contributed by atoms with Gasteiger partial charge in [-0.25, -0.2) is 18.1 Å². The lowest BCUT2D eigenvalue weighted by Crippen LogP contribution is -2.30. The Labute approximate surface area is 161 Å². The molecule has 0 radical (unpaired) electrons. The number of benzene rings is 2. The summed E-state index contributed by atoms with van der Waals surface area (Å²) in [6.07, 6.45) is 3.09. The van der Waals surface area contributed by atoms with Gasteiger partial charge >= 0.3 is 0 Å². The minimum absolute atomic E-state index is 0.0374. The maximum absolute atomic E-state index is 12.8. The van der Waals surface area contributed by atoms with Gasteiger partial charge < -0.3 is 0 Å². The van der Waals surface area contributed by atoms with E-state index < -0.39 is 10.0 Å². The van der Waals surface area contributed by atoms with Crippen molar-refractivity contribution in [3.05, 3.63) is 76.8 Å². The van der Waals surface area contributed by atoms with Crippen molar-refractivity contribution in [1.29, 1.82) is 0 Å². The van der Waals surface area contributed by atoms with Gasteiger partial charge in [0.15, 0.2) is 0 Å². The van der Waals surface area contributed by atoms with Gasteiger partial charge in [0.25, 0.3) is 0 Å². The summed E-state index contributed by atoms with van der Waals surface area (Å²) in [5.41, 5.74) is 2.53. The van der Waals surface area contributed by atoms with Crippen LogP contribution in [0.5, 0.6) is 0 Å². The first-order valence-electron chi connectivity index (χ1n) is 8.02. The summed E-state index contributed by atoms with van der Waals surface area (Å²) < 4.78 is 29.5. The van der Waals surface area contributed by atoms with Crippen LogP contribution in [-0.2, 0) is 15.8 Å². The Hall–Kier alpha value is -2.03. The quantitative estimate of drug-likeness (QED) is 0.594. The molecule has 1 aromatic heterocycles. The van der Waals surface area contributed by atoms with Gasteiger partial charge in [-0.3, -0.25) is 0 Å². The van der Waals surface area contributed by atoms with Crippen molar-refractivity contribution in [2.75, 3.05) is 7.05 Å². The Balaban J connectivity index is 1.76. The number of rotatable bonds is 6. The summed E-state index contributed by atoms with van der Waals surface area (Å²) in [5, 5.41) is 4.08. The van der Waals surface area contributed by atoms with E-state index in [1.807, 2.05) is 55.5 Å². The van der Waals surface area contributed by atoms with E-state index in [1.165, 1.54) is 10.6 Å². The number of nitrogens with zero attached hydrogens (tertiary/aromatic N) is 4. The molecule has 0 saturated heterocycles. The van der Waals surface area contributed by atoms with E-state index in [4.69, 9.17) is 0 Å². The Morgan fingerprint density at radius 2 is 1.92 bits per heavy atom. The van der Waals surface area contributed by atoms with Crippen LogP contribution in [0.1, 0.15) is 24.1 Å². The number of aromatic nitrogens is 3. The summed E-state index contributed by atoms with van der Waals surface area (Å²) in [7, 11) is -1.83. The fraction of sp³-hybridized carbons (Fsp3) is 0.222. The van der Waals surface area contributed by atoms with E-state index in [2.05, 4.69) is 26.0 Å². The van der Waals surface area contributed by atoms with Crippen LogP contribution >= 0.6 is 15.9 Å². The smallest absolute Gasteiger partial charge is 0.218 e. The summed E-state index contributed by atoms with van der Waals surface area (Å²) >= 11 is 3.38. The van der Waals surface area contributed by atoms with E-state index >= 15 is 0 Å². The number of hydrogen-bond donors (Lipinski definition) is 0. The Bertz CT molecular complexity index is 973. The van der Waals surface area contributed by atoms with E-state index in [9.17, 15) is 8.42 Å². The molecule has 0 aliphatic carbocycles. The zero-order chi connectivity index (χ0) is 18.7. The molecule has 1 atom stereocenters. The molecule has 0 aliphatic heterocycles. The van der Waals surface area contributed by atoms with Gasteiger partial charge in [-0.2, -0.15) is 9.40 Å². The van der Waals surface area contributed by atoms with E-state index in [0.717, 1.165) is 21.3 Å². The highest BCUT2D eigenvalue weighted by Gasteiger charge is 2.24. The molecule has 26 heavy (non-hydrogen) atoms. The molecule has 0 fully saturated rings. The van der Waals surface area contributed by atoms with Crippen LogP contribution in [0, 0.1) is 0 Å². The van der Waals surface area contributed by atoms with Gasteiger partial charge in [-0.15, -0.1) is 0 Å². The standard InChI is InChI=1S/C18H19BrN4O2S/c1-14(16-6-8-18(9-7-16)23-13-20-12-21-23)22(2)26(24,25)11-15-4-3-5-17(19)10-15/h3-10,12-14H,11H2,1-2H3. The molecule has 3 rings (SSSR count). The Morgan fingerprint density at radius 1 is 1.19 bits per heavy atom. The molecule has 3 aromatic rings. The molecule has 0 spiro atoms. The number of hydrogen-bond acceptors (Lipinski definition) is 4. The third kappa shape index (κ3) is 4.20. The van der Waals surface area contributed by atoms with E-state index in [-0.39, 0.29) is 11.8 Å². The fourth-order valence-electron chi connectivity index (χ4n) is 2.64. The third-order valence-corrected chi connectivity index (χ3v) is 6.67. The largest absolute Gasteiger partial charge is 0.223 e. The van der Waals surface area contributed by atoms with Crippen molar-refractivity contribution in [1.82, 2.24) is 19.1 Å². The second kappa shape index (κ2) is 7.69. The average molecular weight is 435 g/mol. The normalized spacial score (nSPS) is 13.1. The monoisotopic (exact) mass is 434 g/mol. The first-order valence-corrected chi connectivity index (χ1v) is 10.4. The van der Waals surface area contributed by atoms with Crippen LogP contribution in [0.15, 0.2) is 65.7 Å². The summed E-state index contributed by atoms with van der Waals surface area (Å²) in [4.78, 5) is 3.92. The second-order valence-electron chi connectivity index (χ2n) is 6.01. The predicted molar refractivity (Wildman–Crippen MR) is 104 cm³/mol. The first-order chi connectivity index (χ1) is 12.4. The highest BCUT2D eigenvalue weighted by atomic mass is 79.9. The van der Waals surface area contributed by atoms with Gasteiger partial charge in [0.05, 0.1) is 11.4 Å². The second-order valence-corrected chi connectivity index (χ2v) is 8.95. The molecule has 2 aromatic carbocycles. The van der Waals surface area contributed by atoms with Gasteiger partial charge in [0.1, 0.15) is 12.7 Å². The SMILES string of the molecule is CC(c1ccc(-n2cncn2)cc1)N(C)S(=O)(=O)Cc1cccc(Br)c1. The van der Waals surface area contributed by atoms with E-state index in [0.29, 0.717) is 0 Å². The van der Waals surface area contributed by atoms with Crippen LogP contribution in [0.3, 0.4) is 0 Å². The maximum Gasteiger partial charge on any atom is 0.218 e. The molecule has 8 heteroatoms. The fourth-order valence-corrected chi connectivity index (χ4v) is 4.49. The molecule has 0 N–H and O–H groups in total. The average Bonchev–Trinajstić information content (AvgIpc) is 3.15. The van der Waals surface area contributed by atoms with Crippen molar-refractivity contribution >= 4 is 26.0 Å². The minimum Gasteiger partial charge on any atom is -0.223 e. The molecule has 136 valence electrons. The maximum atomic E-state index is 12.8. The van der Waals surface area contributed by atoms with Gasteiger partial charge in [-0.05, 0) is 42.3 Å². The molecule has 0 amide bonds. The minimum atomic E-state index is -3.45. The molecule has 1 heterocycles. The van der Waals surface area contributed by atoms with Gasteiger partial charge in [-0.1, -0.05) is 40.2 Å². The van der Waals surface area contributed by atoms with E-state index in [1.54, 1.807) is 18.1 Å². The Kier molecular flexibility index (Phi) is 5.55. The number of halogens is 1. The molecule has 1 unspecified atom stereocenters. The zero-order valence-corrected chi connectivity index (χ0v) is 16.9. The summed E-state index contributed by atoms with van der Waals surface area (Å²) in [6, 6.07) is 14.7. The van der Waals surface area contributed by atoms with Crippen molar-refractivity contribution in [3.8, 4) is 5.69 Å². The molecule has 0 aliphatic rings. The number of sulfonamides is 1. The van der Waals surface area contributed by atoms with Gasteiger partial charge in [0.2, 0.25) is 10.0 Å². The van der Waals surface area contributed by atoms with Crippen LogP contribution < -0.4 is 0 Å². The van der Waals surface area contributed by atoms with Crippen LogP contribution in [0.25, 0.3) is 5.69 Å². The lowest BCUT2D eigenvalue weighted by molar-refractivity contribution is 0.398. The topological polar surface area (TPSA) is 68.1 Å². The molecule has 0 bridgehead atoms. The van der Waals surface area contributed by atoms with Crippen LogP contribution in [0.2, 0.25) is 0 Å². The lowest BCUT2D eigenvalue weighted by Gasteiger charge is -2.25. The van der Waals surface area contributed by atoms with Gasteiger partial charge in [0, 0.05) is 17.6 Å². The van der Waals surface area contributed by atoms with Crippen molar-refractivity contribution in [2.24, 2.45) is 0 Å². The Morgan fingerprint density at radius 3 is 2.54 bits per heavy atom. The molecule has 6 nitrogen and oxygen atoms in total. The molecular formula is C18H19BrN4O2S. The zero-order valence-electron chi connectivity index (χ0n) is 14.4. The predicted octanol–water partition coefficient (Wildman–Crippen LogP) is 3.55. The lowest BCUT2D eigenvalue weighted by atomic mass is 10.1. The van der Waals surface area contributed by atoms with Crippen LogP contribution in [0.4, 0.5) is 0 Å². The highest BCUT2D eigenvalue weighted by Crippen LogP contribution is 2.25. The molecular weight excluding hydrogens is 416 g/mol. The summed E-state index contributed by atoms with van der Waals surface area (Å²) in [5.74, 6) is -0.0374. The highest BCUT2D eigenvalue weighted by molar-refractivity contribution is 9.10. The molecule has 0 saturated carbocycles. The van der Waals surface area contributed by atoms with Crippen LogP contribution in [-0.4, -0.2) is 34.5 Å². The van der Waals surface area contributed by atoms with Crippen molar-refractivity contribution < 1.29 is 8.42 Å². The van der Waals surface area contributed by atoms with Crippen molar-refractivity contribution in [2.45, 2.75) is 18.7 Å². The summed E-state index contributed by atoms with van der Waals surface area (Å²) in [6.45, 7) is 1.88. The third-order valence-electron chi connectivity index (χ3n) is 4.28. The first kappa shape index (κ1) is 18.8. The van der Waals surface area contributed by atoms with Crippen molar-refractivity contribution in [3.63, 3.8) is 0 Å².